The summed E-state index contributed by atoms with van der Waals surface area (Å²) in [6.07, 6.45) is 2.10. The Labute approximate surface area is 128 Å². The van der Waals surface area contributed by atoms with Crippen molar-refractivity contribution >= 4 is 11.9 Å². The molecule has 0 spiro atoms. The van der Waals surface area contributed by atoms with E-state index in [0.717, 1.165) is 25.0 Å². The Balaban J connectivity index is 1.80. The summed E-state index contributed by atoms with van der Waals surface area (Å²) in [5.74, 6) is 0.172. The summed E-state index contributed by atoms with van der Waals surface area (Å²) in [5.41, 5.74) is 1.27. The third-order valence-electron chi connectivity index (χ3n) is 3.99. The number of rotatable bonds is 3. The molecule has 0 N–H and O–H groups in total. The fourth-order valence-electron chi connectivity index (χ4n) is 2.81. The molecular weight excluding hydrogens is 286 g/mol. The number of benzene rings is 1. The van der Waals surface area contributed by atoms with Crippen LogP contribution >= 0.6 is 0 Å². The minimum absolute atomic E-state index is 0.0112. The summed E-state index contributed by atoms with van der Waals surface area (Å²) in [5, 5.41) is 0. The third kappa shape index (κ3) is 3.06. The summed E-state index contributed by atoms with van der Waals surface area (Å²) >= 11 is 0. The average Bonchev–Trinajstić information content (AvgIpc) is 2.99. The minimum Gasteiger partial charge on any atom is -0.483 e. The second kappa shape index (κ2) is 6.36. The van der Waals surface area contributed by atoms with Gasteiger partial charge < -0.3 is 19.1 Å². The van der Waals surface area contributed by atoms with Gasteiger partial charge in [-0.25, -0.2) is 4.79 Å². The fourth-order valence-corrected chi connectivity index (χ4v) is 2.81. The number of esters is 1. The lowest BCUT2D eigenvalue weighted by atomic mass is 10.1. The van der Waals surface area contributed by atoms with Crippen molar-refractivity contribution in [1.29, 1.82) is 0 Å². The highest BCUT2D eigenvalue weighted by Gasteiger charge is 2.26. The van der Waals surface area contributed by atoms with Gasteiger partial charge in [-0.15, -0.1) is 0 Å². The monoisotopic (exact) mass is 305 g/mol. The number of hydrogen-bond donors (Lipinski definition) is 0. The SMILES string of the molecule is COC(=O)c1ccc2c(c1)CN(C[C@@H]1CCCO1)C(=O)CO2. The molecule has 1 fully saturated rings. The van der Waals surface area contributed by atoms with Crippen LogP contribution in [0.25, 0.3) is 0 Å². The summed E-state index contributed by atoms with van der Waals surface area (Å²) in [6, 6.07) is 5.08. The van der Waals surface area contributed by atoms with Crippen LogP contribution in [-0.4, -0.2) is 49.7 Å². The molecule has 0 unspecified atom stereocenters. The molecule has 0 radical (unpaired) electrons. The number of nitrogens with zero attached hydrogens (tertiary/aromatic N) is 1. The maximum atomic E-state index is 12.2. The van der Waals surface area contributed by atoms with Crippen molar-refractivity contribution in [2.45, 2.75) is 25.5 Å². The number of amides is 1. The predicted molar refractivity (Wildman–Crippen MR) is 77.7 cm³/mol. The van der Waals surface area contributed by atoms with Crippen molar-refractivity contribution in [3.8, 4) is 5.75 Å². The van der Waals surface area contributed by atoms with E-state index < -0.39 is 5.97 Å². The minimum atomic E-state index is -0.399. The van der Waals surface area contributed by atoms with Crippen molar-refractivity contribution in [3.05, 3.63) is 29.3 Å². The Morgan fingerprint density at radius 3 is 3.05 bits per heavy atom. The lowest BCUT2D eigenvalue weighted by Gasteiger charge is -2.23. The summed E-state index contributed by atoms with van der Waals surface area (Å²) in [4.78, 5) is 25.6. The van der Waals surface area contributed by atoms with Gasteiger partial charge in [-0.3, -0.25) is 4.79 Å². The van der Waals surface area contributed by atoms with E-state index >= 15 is 0 Å². The summed E-state index contributed by atoms with van der Waals surface area (Å²) in [6.45, 7) is 1.74. The first-order valence-corrected chi connectivity index (χ1v) is 7.41. The van der Waals surface area contributed by atoms with Gasteiger partial charge >= 0.3 is 5.97 Å². The zero-order chi connectivity index (χ0) is 15.5. The second-order valence-electron chi connectivity index (χ2n) is 5.51. The Hall–Kier alpha value is -2.08. The van der Waals surface area contributed by atoms with Gasteiger partial charge in [0.05, 0.1) is 18.8 Å². The molecule has 0 aliphatic carbocycles. The molecule has 1 atom stereocenters. The summed E-state index contributed by atoms with van der Waals surface area (Å²) < 4.78 is 15.9. The van der Waals surface area contributed by atoms with Crippen molar-refractivity contribution in [3.63, 3.8) is 0 Å². The molecular formula is C16H19NO5. The van der Waals surface area contributed by atoms with Crippen LogP contribution in [0.2, 0.25) is 0 Å². The standard InChI is InChI=1S/C16H19NO5/c1-20-16(19)11-4-5-14-12(7-11)8-17(15(18)10-22-14)9-13-3-2-6-21-13/h4-5,7,13H,2-3,6,8-10H2,1H3/t13-/m0/s1. The maximum absolute atomic E-state index is 12.2. The van der Waals surface area contributed by atoms with Crippen LogP contribution < -0.4 is 4.74 Å². The van der Waals surface area contributed by atoms with Gasteiger partial charge in [-0.1, -0.05) is 0 Å². The first-order chi connectivity index (χ1) is 10.7. The van der Waals surface area contributed by atoms with Gasteiger partial charge in [0.2, 0.25) is 0 Å². The highest BCUT2D eigenvalue weighted by atomic mass is 16.5. The molecule has 2 aliphatic rings. The van der Waals surface area contributed by atoms with Gasteiger partial charge in [0.1, 0.15) is 5.75 Å². The molecule has 0 aromatic heterocycles. The van der Waals surface area contributed by atoms with E-state index in [2.05, 4.69) is 0 Å². The smallest absolute Gasteiger partial charge is 0.337 e. The quantitative estimate of drug-likeness (QED) is 0.789. The zero-order valence-corrected chi connectivity index (χ0v) is 12.5. The van der Waals surface area contributed by atoms with E-state index in [-0.39, 0.29) is 18.6 Å². The van der Waals surface area contributed by atoms with Gasteiger partial charge in [-0.05, 0) is 31.0 Å². The Bertz CT molecular complexity index is 580. The lowest BCUT2D eigenvalue weighted by molar-refractivity contribution is -0.134. The molecule has 6 heteroatoms. The van der Waals surface area contributed by atoms with Crippen molar-refractivity contribution < 1.29 is 23.8 Å². The van der Waals surface area contributed by atoms with Crippen molar-refractivity contribution in [1.82, 2.24) is 4.90 Å². The van der Waals surface area contributed by atoms with Gasteiger partial charge in [0.25, 0.3) is 5.91 Å². The first-order valence-electron chi connectivity index (χ1n) is 7.41. The molecule has 0 saturated carbocycles. The van der Waals surface area contributed by atoms with E-state index in [9.17, 15) is 9.59 Å². The van der Waals surface area contributed by atoms with Gasteiger partial charge in [0, 0.05) is 25.3 Å². The normalized spacial score (nSPS) is 21.0. The molecule has 0 bridgehead atoms. The Kier molecular flexibility index (Phi) is 4.29. The molecule has 1 aromatic carbocycles. The van der Waals surface area contributed by atoms with Crippen LogP contribution in [0, 0.1) is 0 Å². The van der Waals surface area contributed by atoms with E-state index in [1.54, 1.807) is 23.1 Å². The van der Waals surface area contributed by atoms with Crippen LogP contribution in [0.3, 0.4) is 0 Å². The predicted octanol–water partition coefficient (Wildman–Crippen LogP) is 1.37. The number of carbonyl (C=O) groups is 2. The topological polar surface area (TPSA) is 65.1 Å². The summed E-state index contributed by atoms with van der Waals surface area (Å²) in [7, 11) is 1.35. The number of hydrogen-bond acceptors (Lipinski definition) is 5. The zero-order valence-electron chi connectivity index (χ0n) is 12.5. The molecule has 1 saturated heterocycles. The average molecular weight is 305 g/mol. The molecule has 1 aromatic rings. The molecule has 118 valence electrons. The Morgan fingerprint density at radius 1 is 1.45 bits per heavy atom. The largest absolute Gasteiger partial charge is 0.483 e. The van der Waals surface area contributed by atoms with Crippen LogP contribution in [0.15, 0.2) is 18.2 Å². The highest BCUT2D eigenvalue weighted by molar-refractivity contribution is 5.90. The molecule has 1 amide bonds. The Morgan fingerprint density at radius 2 is 2.32 bits per heavy atom. The van der Waals surface area contributed by atoms with Gasteiger partial charge in [-0.2, -0.15) is 0 Å². The van der Waals surface area contributed by atoms with E-state index in [4.69, 9.17) is 14.2 Å². The molecule has 6 nitrogen and oxygen atoms in total. The fraction of sp³-hybridized carbons (Fsp3) is 0.500. The lowest BCUT2D eigenvalue weighted by Crippen LogP contribution is -2.38. The molecule has 22 heavy (non-hydrogen) atoms. The van der Waals surface area contributed by atoms with E-state index in [1.807, 2.05) is 0 Å². The van der Waals surface area contributed by atoms with E-state index in [0.29, 0.717) is 24.4 Å². The number of ether oxygens (including phenoxy) is 3. The number of carbonyl (C=O) groups excluding carboxylic acids is 2. The van der Waals surface area contributed by atoms with Crippen LogP contribution in [0.5, 0.6) is 5.75 Å². The molecule has 3 rings (SSSR count). The molecule has 2 aliphatic heterocycles. The van der Waals surface area contributed by atoms with Crippen molar-refractivity contribution in [2.24, 2.45) is 0 Å². The van der Waals surface area contributed by atoms with Crippen LogP contribution in [-0.2, 0) is 20.8 Å². The second-order valence-corrected chi connectivity index (χ2v) is 5.51. The van der Waals surface area contributed by atoms with Crippen LogP contribution in [0.4, 0.5) is 0 Å². The first kappa shape index (κ1) is 14.8. The van der Waals surface area contributed by atoms with Crippen LogP contribution in [0.1, 0.15) is 28.8 Å². The van der Waals surface area contributed by atoms with Crippen molar-refractivity contribution in [2.75, 3.05) is 26.9 Å². The van der Waals surface area contributed by atoms with Gasteiger partial charge in [0.15, 0.2) is 6.61 Å². The molecule has 2 heterocycles. The number of methoxy groups -OCH3 is 1. The maximum Gasteiger partial charge on any atom is 0.337 e. The highest BCUT2D eigenvalue weighted by Crippen LogP contribution is 2.26. The third-order valence-corrected chi connectivity index (χ3v) is 3.99. The van der Waals surface area contributed by atoms with E-state index in [1.165, 1.54) is 7.11 Å². The number of fused-ring (bicyclic) bond motifs is 1.